The Kier molecular flexibility index (Phi) is 2.39. The van der Waals surface area contributed by atoms with Crippen molar-refractivity contribution in [3.05, 3.63) is 33.1 Å². The predicted octanol–water partition coefficient (Wildman–Crippen LogP) is 3.04. The van der Waals surface area contributed by atoms with Gasteiger partial charge in [0.1, 0.15) is 29.3 Å². The minimum absolute atomic E-state index is 0.257. The Morgan fingerprint density at radius 1 is 0.840 bits per heavy atom. The van der Waals surface area contributed by atoms with E-state index in [1.165, 1.54) is 38.2 Å². The van der Waals surface area contributed by atoms with Crippen LogP contribution in [0.2, 0.25) is 0 Å². The first-order chi connectivity index (χ1) is 12.1. The molecule has 6 rings (SSSR count). The van der Waals surface area contributed by atoms with Crippen LogP contribution in [-0.2, 0) is 7.05 Å². The predicted molar refractivity (Wildman–Crippen MR) is 93.9 cm³/mol. The van der Waals surface area contributed by atoms with Gasteiger partial charge in [-0.15, -0.1) is 22.7 Å². The third-order valence-corrected chi connectivity index (χ3v) is 6.48. The van der Waals surface area contributed by atoms with E-state index in [1.807, 2.05) is 0 Å². The molecule has 9 heteroatoms. The van der Waals surface area contributed by atoms with Crippen molar-refractivity contribution in [1.82, 2.24) is 15.0 Å². The molecule has 0 saturated carbocycles. The zero-order valence-corrected chi connectivity index (χ0v) is 14.3. The van der Waals surface area contributed by atoms with Crippen molar-refractivity contribution in [2.75, 3.05) is 6.67 Å². The first kappa shape index (κ1) is 13.7. The van der Waals surface area contributed by atoms with E-state index in [0.717, 1.165) is 20.2 Å². The van der Waals surface area contributed by atoms with Gasteiger partial charge in [-0.05, 0) is 0 Å². The first-order valence-electron chi connectivity index (χ1n) is 7.46. The Labute approximate surface area is 145 Å². The Balaban J connectivity index is 2.15. The average Bonchev–Trinajstić information content (AvgIpc) is 3.32. The summed E-state index contributed by atoms with van der Waals surface area (Å²) in [5.41, 5.74) is 1.06. The second-order valence-electron chi connectivity index (χ2n) is 5.87. The van der Waals surface area contributed by atoms with Gasteiger partial charge in [0.25, 0.3) is 0 Å². The summed E-state index contributed by atoms with van der Waals surface area (Å²) in [7, 11) is 1.70. The lowest BCUT2D eigenvalue weighted by Gasteiger charge is -2.03. The molecule has 0 N–H and O–H groups in total. The van der Waals surface area contributed by atoms with Crippen LogP contribution in [0.4, 0.5) is 8.78 Å². The molecule has 25 heavy (non-hydrogen) atoms. The highest BCUT2D eigenvalue weighted by Crippen LogP contribution is 2.40. The van der Waals surface area contributed by atoms with Crippen LogP contribution >= 0.6 is 22.7 Å². The van der Waals surface area contributed by atoms with E-state index in [0.29, 0.717) is 32.5 Å². The Hall–Kier alpha value is -2.52. The van der Waals surface area contributed by atoms with Gasteiger partial charge >= 0.3 is 0 Å². The summed E-state index contributed by atoms with van der Waals surface area (Å²) in [6, 6.07) is 0. The van der Waals surface area contributed by atoms with Crippen LogP contribution < -0.4 is 10.7 Å². The maximum absolute atomic E-state index is 14.5. The van der Waals surface area contributed by atoms with Crippen LogP contribution in [0, 0.1) is 11.6 Å². The molecule has 3 aromatic heterocycles. The van der Waals surface area contributed by atoms with Gasteiger partial charge in [-0.1, -0.05) is 0 Å². The normalized spacial score (nSPS) is 13.9. The topological polar surface area (TPSA) is 55.4 Å². The summed E-state index contributed by atoms with van der Waals surface area (Å²) < 4.78 is 30.5. The minimum Gasteiger partial charge on any atom is -0.259 e. The second-order valence-corrected chi connectivity index (χ2v) is 7.63. The number of hydrogen-bond acceptors (Lipinski definition) is 6. The van der Waals surface area contributed by atoms with Crippen LogP contribution in [0.3, 0.4) is 0 Å². The highest BCUT2D eigenvalue weighted by molar-refractivity contribution is 7.19. The third kappa shape index (κ3) is 1.51. The largest absolute Gasteiger partial charge is 0.259 e. The summed E-state index contributed by atoms with van der Waals surface area (Å²) in [6.45, 7) is 0.257. The van der Waals surface area contributed by atoms with Crippen molar-refractivity contribution < 1.29 is 8.78 Å². The van der Waals surface area contributed by atoms with E-state index in [2.05, 4.69) is 20.2 Å². The molecule has 0 saturated heterocycles. The van der Waals surface area contributed by atoms with Crippen molar-refractivity contribution in [3.8, 4) is 0 Å². The molecule has 0 atom stereocenters. The molecular weight excluding hydrogens is 364 g/mol. The van der Waals surface area contributed by atoms with Gasteiger partial charge in [0.05, 0.1) is 21.5 Å². The Morgan fingerprint density at radius 2 is 1.40 bits per heavy atom. The molecule has 0 amide bonds. The fourth-order valence-electron chi connectivity index (χ4n) is 3.63. The van der Waals surface area contributed by atoms with Gasteiger partial charge < -0.3 is 0 Å². The minimum atomic E-state index is -0.325. The summed E-state index contributed by atoms with van der Waals surface area (Å²) in [6.07, 6.45) is 0. The lowest BCUT2D eigenvalue weighted by Crippen LogP contribution is -2.24. The molecule has 122 valence electrons. The maximum Gasteiger partial charge on any atom is 0.144 e. The number of fused-ring (bicyclic) bond motifs is 11. The van der Waals surface area contributed by atoms with Crippen LogP contribution in [-0.4, -0.2) is 21.7 Å². The van der Waals surface area contributed by atoms with E-state index in [-0.39, 0.29) is 18.3 Å². The molecule has 0 bridgehead atoms. The maximum atomic E-state index is 14.5. The van der Waals surface area contributed by atoms with Crippen molar-refractivity contribution >= 4 is 64.7 Å². The third-order valence-electron chi connectivity index (χ3n) is 4.54. The smallest absolute Gasteiger partial charge is 0.144 e. The number of benzene rings is 2. The van der Waals surface area contributed by atoms with Gasteiger partial charge in [0.2, 0.25) is 0 Å². The van der Waals surface area contributed by atoms with E-state index < -0.39 is 0 Å². The molecule has 0 unspecified atom stereocenters. The molecule has 0 spiro atoms. The van der Waals surface area contributed by atoms with E-state index in [1.54, 1.807) is 7.05 Å². The van der Waals surface area contributed by atoms with Gasteiger partial charge in [0.15, 0.2) is 0 Å². The lowest BCUT2D eigenvalue weighted by atomic mass is 10.0. The SMILES string of the molecule is Cn1nc2c(n1)c1c3scc(F)c3c3c(c1c1scc(F)c21)=NCN=3. The fraction of sp³-hybridized carbons (Fsp3) is 0.125. The molecule has 0 radical (unpaired) electrons. The molecule has 5 nitrogen and oxygen atoms in total. The molecular formula is C16H7F2N5S2. The zero-order chi connectivity index (χ0) is 16.9. The second kappa shape index (κ2) is 4.36. The fourth-order valence-corrected chi connectivity index (χ4v) is 5.56. The number of thiophene rings is 2. The quantitative estimate of drug-likeness (QED) is 0.420. The number of halogens is 2. The average molecular weight is 371 g/mol. The molecule has 0 aliphatic carbocycles. The van der Waals surface area contributed by atoms with Crippen molar-refractivity contribution in [1.29, 1.82) is 0 Å². The molecule has 5 aromatic rings. The van der Waals surface area contributed by atoms with Crippen molar-refractivity contribution in [3.63, 3.8) is 0 Å². The molecule has 1 aliphatic heterocycles. The van der Waals surface area contributed by atoms with Gasteiger partial charge in [-0.25, -0.2) is 8.78 Å². The van der Waals surface area contributed by atoms with Crippen molar-refractivity contribution in [2.45, 2.75) is 0 Å². The highest BCUT2D eigenvalue weighted by atomic mass is 32.1. The van der Waals surface area contributed by atoms with E-state index in [9.17, 15) is 8.78 Å². The summed E-state index contributed by atoms with van der Waals surface area (Å²) >= 11 is 2.61. The first-order valence-corrected chi connectivity index (χ1v) is 9.22. The summed E-state index contributed by atoms with van der Waals surface area (Å²) in [5, 5.41) is 15.4. The van der Waals surface area contributed by atoms with E-state index in [4.69, 9.17) is 0 Å². The monoisotopic (exact) mass is 371 g/mol. The zero-order valence-electron chi connectivity index (χ0n) is 12.7. The van der Waals surface area contributed by atoms with Gasteiger partial charge in [0, 0.05) is 38.0 Å². The Morgan fingerprint density at radius 3 is 2.12 bits per heavy atom. The molecule has 2 aromatic carbocycles. The van der Waals surface area contributed by atoms with E-state index >= 15 is 0 Å². The van der Waals surface area contributed by atoms with Crippen LogP contribution in [0.1, 0.15) is 0 Å². The summed E-state index contributed by atoms with van der Waals surface area (Å²) in [4.78, 5) is 10.3. The van der Waals surface area contributed by atoms with Crippen LogP contribution in [0.15, 0.2) is 20.7 Å². The van der Waals surface area contributed by atoms with Crippen LogP contribution in [0.5, 0.6) is 0 Å². The highest BCUT2D eigenvalue weighted by Gasteiger charge is 2.24. The number of rotatable bonds is 0. The van der Waals surface area contributed by atoms with Gasteiger partial charge in [-0.2, -0.15) is 15.0 Å². The number of aryl methyl sites for hydroxylation is 1. The molecule has 1 aliphatic rings. The van der Waals surface area contributed by atoms with Crippen molar-refractivity contribution in [2.24, 2.45) is 17.0 Å². The number of aromatic nitrogens is 3. The Bertz CT molecular complexity index is 1510. The number of hydrogen-bond donors (Lipinski definition) is 0. The summed E-state index contributed by atoms with van der Waals surface area (Å²) in [5.74, 6) is -0.637. The molecule has 0 fully saturated rings. The number of nitrogens with zero attached hydrogens (tertiary/aromatic N) is 5. The molecule has 4 heterocycles. The standard InChI is InChI=1S/C16H7F2N5S2/c1-23-21-13-8-6(18)3-25-16(8)9-10(14(13)22-23)15-7(5(17)2-24-15)11-12(9)20-4-19-11/h2-3H,4H2,1H3. The van der Waals surface area contributed by atoms with Gasteiger partial charge in [-0.3, -0.25) is 9.98 Å². The lowest BCUT2D eigenvalue weighted by molar-refractivity contribution is 0.643. The van der Waals surface area contributed by atoms with Crippen LogP contribution in [0.25, 0.3) is 42.0 Å².